The molecule has 0 amide bonds. The van der Waals surface area contributed by atoms with Crippen molar-refractivity contribution in [1.82, 2.24) is 9.97 Å². The Kier molecular flexibility index (Phi) is 2.79. The topological polar surface area (TPSA) is 25.8 Å². The SMILES string of the molecule is CCCC(C)(C)c1cnccn1. The lowest BCUT2D eigenvalue weighted by Crippen LogP contribution is -2.18. The Hall–Kier alpha value is -0.920. The molecule has 0 spiro atoms. The molecule has 1 aromatic heterocycles. The third kappa shape index (κ3) is 2.03. The van der Waals surface area contributed by atoms with Gasteiger partial charge >= 0.3 is 0 Å². The van der Waals surface area contributed by atoms with E-state index in [1.165, 1.54) is 6.42 Å². The quantitative estimate of drug-likeness (QED) is 0.686. The molecule has 0 unspecified atom stereocenters. The minimum atomic E-state index is 0.170. The normalized spacial score (nSPS) is 11.6. The highest BCUT2D eigenvalue weighted by molar-refractivity contribution is 5.09. The first-order valence-corrected chi connectivity index (χ1v) is 4.43. The highest BCUT2D eigenvalue weighted by atomic mass is 14.8. The predicted octanol–water partition coefficient (Wildman–Crippen LogP) is 2.55. The molecular formula is C10H16N2. The Balaban J connectivity index is 2.82. The van der Waals surface area contributed by atoms with Gasteiger partial charge in [0.25, 0.3) is 0 Å². The van der Waals surface area contributed by atoms with Crippen LogP contribution in [-0.2, 0) is 5.41 Å². The Bertz CT molecular complexity index is 229. The van der Waals surface area contributed by atoms with Crippen LogP contribution in [-0.4, -0.2) is 9.97 Å². The number of hydrogen-bond acceptors (Lipinski definition) is 2. The molecule has 0 aromatic carbocycles. The summed E-state index contributed by atoms with van der Waals surface area (Å²) in [7, 11) is 0. The van der Waals surface area contributed by atoms with Gasteiger partial charge in [-0.2, -0.15) is 0 Å². The molecule has 0 bridgehead atoms. The standard InChI is InChI=1S/C10H16N2/c1-4-5-10(2,3)9-8-11-6-7-12-9/h6-8H,4-5H2,1-3H3. The van der Waals surface area contributed by atoms with Crippen molar-refractivity contribution in [2.45, 2.75) is 39.0 Å². The zero-order chi connectivity index (χ0) is 9.03. The molecule has 0 radical (unpaired) electrons. The van der Waals surface area contributed by atoms with E-state index in [2.05, 4.69) is 30.7 Å². The lowest BCUT2D eigenvalue weighted by molar-refractivity contribution is 0.457. The summed E-state index contributed by atoms with van der Waals surface area (Å²) < 4.78 is 0. The highest BCUT2D eigenvalue weighted by Crippen LogP contribution is 2.25. The van der Waals surface area contributed by atoms with Crippen molar-refractivity contribution in [3.05, 3.63) is 24.3 Å². The summed E-state index contributed by atoms with van der Waals surface area (Å²) in [4.78, 5) is 8.38. The van der Waals surface area contributed by atoms with Crippen LogP contribution >= 0.6 is 0 Å². The maximum absolute atomic E-state index is 4.31. The molecule has 2 heteroatoms. The molecule has 0 atom stereocenters. The molecule has 0 saturated heterocycles. The second-order valence-electron chi connectivity index (χ2n) is 3.72. The fourth-order valence-electron chi connectivity index (χ4n) is 1.40. The molecule has 0 aliphatic carbocycles. The zero-order valence-corrected chi connectivity index (χ0v) is 8.04. The highest BCUT2D eigenvalue weighted by Gasteiger charge is 2.20. The summed E-state index contributed by atoms with van der Waals surface area (Å²) in [6.07, 6.45) is 7.67. The third-order valence-electron chi connectivity index (χ3n) is 2.13. The van der Waals surface area contributed by atoms with Crippen molar-refractivity contribution in [2.75, 3.05) is 0 Å². The van der Waals surface area contributed by atoms with E-state index in [1.54, 1.807) is 12.4 Å². The van der Waals surface area contributed by atoms with Crippen molar-refractivity contribution >= 4 is 0 Å². The van der Waals surface area contributed by atoms with Crippen molar-refractivity contribution in [3.8, 4) is 0 Å². The Morgan fingerprint density at radius 2 is 2.08 bits per heavy atom. The van der Waals surface area contributed by atoms with Gasteiger partial charge in [-0.05, 0) is 6.42 Å². The first-order chi connectivity index (χ1) is 5.67. The molecule has 0 aliphatic heterocycles. The first-order valence-electron chi connectivity index (χ1n) is 4.43. The largest absolute Gasteiger partial charge is 0.261 e. The fraction of sp³-hybridized carbons (Fsp3) is 0.600. The lowest BCUT2D eigenvalue weighted by Gasteiger charge is -2.22. The van der Waals surface area contributed by atoms with Gasteiger partial charge < -0.3 is 0 Å². The molecule has 1 heterocycles. The average Bonchev–Trinajstić information content (AvgIpc) is 2.06. The van der Waals surface area contributed by atoms with Crippen LogP contribution in [0.5, 0.6) is 0 Å². The summed E-state index contributed by atoms with van der Waals surface area (Å²) >= 11 is 0. The molecule has 0 N–H and O–H groups in total. The zero-order valence-electron chi connectivity index (χ0n) is 8.04. The van der Waals surface area contributed by atoms with E-state index >= 15 is 0 Å². The van der Waals surface area contributed by atoms with E-state index in [9.17, 15) is 0 Å². The lowest BCUT2D eigenvalue weighted by atomic mass is 9.85. The van der Waals surface area contributed by atoms with Gasteiger partial charge in [0, 0.05) is 24.0 Å². The maximum Gasteiger partial charge on any atom is 0.0642 e. The van der Waals surface area contributed by atoms with E-state index in [0.29, 0.717) is 0 Å². The van der Waals surface area contributed by atoms with Gasteiger partial charge in [0.2, 0.25) is 0 Å². The van der Waals surface area contributed by atoms with E-state index in [1.807, 2.05) is 6.20 Å². The van der Waals surface area contributed by atoms with Gasteiger partial charge in [0.1, 0.15) is 0 Å². The smallest absolute Gasteiger partial charge is 0.0642 e. The van der Waals surface area contributed by atoms with Crippen LogP contribution in [0.3, 0.4) is 0 Å². The Morgan fingerprint density at radius 1 is 1.33 bits per heavy atom. The van der Waals surface area contributed by atoms with Crippen LogP contribution in [0.1, 0.15) is 39.3 Å². The third-order valence-corrected chi connectivity index (χ3v) is 2.13. The molecule has 0 fully saturated rings. The van der Waals surface area contributed by atoms with Crippen molar-refractivity contribution in [2.24, 2.45) is 0 Å². The van der Waals surface area contributed by atoms with Crippen LogP contribution < -0.4 is 0 Å². The monoisotopic (exact) mass is 164 g/mol. The molecule has 66 valence electrons. The van der Waals surface area contributed by atoms with Gasteiger partial charge in [-0.3, -0.25) is 9.97 Å². The van der Waals surface area contributed by atoms with Crippen LogP contribution in [0.15, 0.2) is 18.6 Å². The van der Waals surface area contributed by atoms with Crippen molar-refractivity contribution < 1.29 is 0 Å². The molecular weight excluding hydrogens is 148 g/mol. The Morgan fingerprint density at radius 3 is 2.58 bits per heavy atom. The summed E-state index contributed by atoms with van der Waals surface area (Å²) in [5.41, 5.74) is 1.26. The predicted molar refractivity (Wildman–Crippen MR) is 50.0 cm³/mol. The molecule has 12 heavy (non-hydrogen) atoms. The van der Waals surface area contributed by atoms with Crippen LogP contribution in [0, 0.1) is 0 Å². The van der Waals surface area contributed by atoms with E-state index in [0.717, 1.165) is 12.1 Å². The average molecular weight is 164 g/mol. The molecule has 1 rings (SSSR count). The number of nitrogens with zero attached hydrogens (tertiary/aromatic N) is 2. The van der Waals surface area contributed by atoms with E-state index in [-0.39, 0.29) is 5.41 Å². The van der Waals surface area contributed by atoms with Crippen molar-refractivity contribution in [1.29, 1.82) is 0 Å². The summed E-state index contributed by atoms with van der Waals surface area (Å²) in [5.74, 6) is 0. The first kappa shape index (κ1) is 9.17. The van der Waals surface area contributed by atoms with Gasteiger partial charge in [-0.1, -0.05) is 27.2 Å². The van der Waals surface area contributed by atoms with Gasteiger partial charge in [0.15, 0.2) is 0 Å². The molecule has 0 saturated carbocycles. The summed E-state index contributed by atoms with van der Waals surface area (Å²) in [6, 6.07) is 0. The van der Waals surface area contributed by atoms with Gasteiger partial charge in [-0.15, -0.1) is 0 Å². The second-order valence-corrected chi connectivity index (χ2v) is 3.72. The Labute approximate surface area is 74.1 Å². The minimum Gasteiger partial charge on any atom is -0.261 e. The summed E-state index contributed by atoms with van der Waals surface area (Å²) in [5, 5.41) is 0. The minimum absolute atomic E-state index is 0.170. The molecule has 0 aliphatic rings. The van der Waals surface area contributed by atoms with Crippen LogP contribution in [0.2, 0.25) is 0 Å². The van der Waals surface area contributed by atoms with Crippen LogP contribution in [0.25, 0.3) is 0 Å². The number of hydrogen-bond donors (Lipinski definition) is 0. The second kappa shape index (κ2) is 3.65. The van der Waals surface area contributed by atoms with E-state index in [4.69, 9.17) is 0 Å². The van der Waals surface area contributed by atoms with Crippen molar-refractivity contribution in [3.63, 3.8) is 0 Å². The van der Waals surface area contributed by atoms with Gasteiger partial charge in [-0.25, -0.2) is 0 Å². The molecule has 2 nitrogen and oxygen atoms in total. The fourth-order valence-corrected chi connectivity index (χ4v) is 1.40. The summed E-state index contributed by atoms with van der Waals surface area (Å²) in [6.45, 7) is 6.61. The van der Waals surface area contributed by atoms with E-state index < -0.39 is 0 Å². The van der Waals surface area contributed by atoms with Gasteiger partial charge in [0.05, 0.1) is 5.69 Å². The van der Waals surface area contributed by atoms with Crippen LogP contribution in [0.4, 0.5) is 0 Å². The number of rotatable bonds is 3. The number of aromatic nitrogens is 2. The molecule has 1 aromatic rings. The maximum atomic E-state index is 4.31.